The maximum atomic E-state index is 12.6. The van der Waals surface area contributed by atoms with Crippen molar-refractivity contribution in [1.29, 1.82) is 0 Å². The predicted molar refractivity (Wildman–Crippen MR) is 106 cm³/mol. The average Bonchev–Trinajstić information content (AvgIpc) is 2.53. The number of hydrogen-bond acceptors (Lipinski definition) is 5. The second-order valence-electron chi connectivity index (χ2n) is 7.50. The minimum Gasteiger partial charge on any atom is -0.376 e. The SMILES string of the molecule is C[C@H]1C[NH+](CC(=O)Nc2cc(S(=O)(=O)N(C)C)ccc2N(C)C)C[C@H](C)O1. The fourth-order valence-electron chi connectivity index (χ4n) is 3.33. The number of hydrogen-bond donors (Lipinski definition) is 2. The van der Waals surface area contributed by atoms with Gasteiger partial charge in [-0.3, -0.25) is 4.79 Å². The standard InChI is InChI=1S/C18H30N4O4S/c1-13-10-22(11-14(2)26-13)12-18(23)19-16-9-15(27(24,25)21(5)6)7-8-17(16)20(3)4/h7-9,13-14H,10-12H2,1-6H3,(H,19,23)/p+1/t13-,14-/m0/s1. The van der Waals surface area contributed by atoms with Gasteiger partial charge in [-0.15, -0.1) is 0 Å². The number of ether oxygens (including phenoxy) is 1. The van der Waals surface area contributed by atoms with E-state index in [1.807, 2.05) is 32.8 Å². The van der Waals surface area contributed by atoms with Gasteiger partial charge in [0, 0.05) is 28.2 Å². The van der Waals surface area contributed by atoms with Crippen molar-refractivity contribution < 1.29 is 22.8 Å². The van der Waals surface area contributed by atoms with Gasteiger partial charge in [0.25, 0.3) is 5.91 Å². The van der Waals surface area contributed by atoms with Gasteiger partial charge >= 0.3 is 0 Å². The summed E-state index contributed by atoms with van der Waals surface area (Å²) in [5.74, 6) is -0.145. The fraction of sp³-hybridized carbons (Fsp3) is 0.611. The van der Waals surface area contributed by atoms with Crippen LogP contribution < -0.4 is 15.1 Å². The molecule has 152 valence electrons. The number of carbonyl (C=O) groups excluding carboxylic acids is 1. The number of nitrogens with zero attached hydrogens (tertiary/aromatic N) is 2. The lowest BCUT2D eigenvalue weighted by molar-refractivity contribution is -0.907. The van der Waals surface area contributed by atoms with Gasteiger partial charge in [0.15, 0.2) is 6.54 Å². The lowest BCUT2D eigenvalue weighted by Crippen LogP contribution is -3.16. The first-order valence-corrected chi connectivity index (χ1v) is 10.5. The number of benzene rings is 1. The Morgan fingerprint density at radius 2 is 1.78 bits per heavy atom. The van der Waals surface area contributed by atoms with Crippen LogP contribution in [0.3, 0.4) is 0 Å². The number of rotatable bonds is 6. The number of amides is 1. The largest absolute Gasteiger partial charge is 0.376 e. The van der Waals surface area contributed by atoms with E-state index in [-0.39, 0.29) is 23.0 Å². The summed E-state index contributed by atoms with van der Waals surface area (Å²) in [6.45, 7) is 5.87. The van der Waals surface area contributed by atoms with Gasteiger partial charge in [0.1, 0.15) is 25.3 Å². The predicted octanol–water partition coefficient (Wildman–Crippen LogP) is -0.366. The normalized spacial score (nSPS) is 23.3. The molecular weight excluding hydrogens is 368 g/mol. The summed E-state index contributed by atoms with van der Waals surface area (Å²) in [5, 5.41) is 2.90. The third-order valence-electron chi connectivity index (χ3n) is 4.53. The Morgan fingerprint density at radius 3 is 2.30 bits per heavy atom. The van der Waals surface area contributed by atoms with Gasteiger partial charge in [0.2, 0.25) is 10.0 Å². The molecule has 0 aliphatic carbocycles. The third kappa shape index (κ3) is 5.41. The van der Waals surface area contributed by atoms with Gasteiger partial charge in [-0.1, -0.05) is 0 Å². The molecule has 0 aromatic heterocycles. The molecule has 2 N–H and O–H groups in total. The maximum Gasteiger partial charge on any atom is 0.279 e. The first kappa shape index (κ1) is 21.6. The molecule has 0 spiro atoms. The van der Waals surface area contributed by atoms with E-state index in [2.05, 4.69) is 5.32 Å². The molecule has 1 amide bonds. The highest BCUT2D eigenvalue weighted by molar-refractivity contribution is 7.89. The maximum absolute atomic E-state index is 12.6. The van der Waals surface area contributed by atoms with Crippen LogP contribution in [0.1, 0.15) is 13.8 Å². The van der Waals surface area contributed by atoms with Crippen LogP contribution in [0.2, 0.25) is 0 Å². The number of anilines is 2. The number of sulfonamides is 1. The summed E-state index contributed by atoms with van der Waals surface area (Å²) in [5.41, 5.74) is 1.24. The minimum atomic E-state index is -3.58. The van der Waals surface area contributed by atoms with Crippen LogP contribution in [0.15, 0.2) is 23.1 Å². The average molecular weight is 400 g/mol. The number of morpholine rings is 1. The molecule has 27 heavy (non-hydrogen) atoms. The smallest absolute Gasteiger partial charge is 0.279 e. The van der Waals surface area contributed by atoms with Crippen molar-refractivity contribution in [3.05, 3.63) is 18.2 Å². The third-order valence-corrected chi connectivity index (χ3v) is 6.34. The van der Waals surface area contributed by atoms with Gasteiger partial charge in [-0.25, -0.2) is 12.7 Å². The van der Waals surface area contributed by atoms with Crippen LogP contribution in [0.4, 0.5) is 11.4 Å². The van der Waals surface area contributed by atoms with Gasteiger partial charge < -0.3 is 19.9 Å². The highest BCUT2D eigenvalue weighted by atomic mass is 32.2. The Balaban J connectivity index is 2.21. The number of nitrogens with one attached hydrogen (secondary N) is 2. The van der Waals surface area contributed by atoms with E-state index < -0.39 is 10.0 Å². The quantitative estimate of drug-likeness (QED) is 0.682. The Hall–Kier alpha value is -1.68. The van der Waals surface area contributed by atoms with E-state index in [0.717, 1.165) is 28.0 Å². The zero-order chi connectivity index (χ0) is 20.4. The lowest BCUT2D eigenvalue weighted by Gasteiger charge is -2.32. The van der Waals surface area contributed by atoms with Crippen molar-refractivity contribution in [1.82, 2.24) is 4.31 Å². The molecule has 0 bridgehead atoms. The van der Waals surface area contributed by atoms with Crippen molar-refractivity contribution in [2.45, 2.75) is 31.0 Å². The molecule has 8 nitrogen and oxygen atoms in total. The molecule has 0 saturated carbocycles. The molecule has 1 fully saturated rings. The molecule has 0 unspecified atom stereocenters. The van der Waals surface area contributed by atoms with Crippen molar-refractivity contribution in [3.8, 4) is 0 Å². The molecule has 1 aliphatic heterocycles. The number of carbonyl (C=O) groups is 1. The second kappa shape index (κ2) is 8.55. The van der Waals surface area contributed by atoms with Crippen molar-refractivity contribution in [2.75, 3.05) is 58.0 Å². The van der Waals surface area contributed by atoms with Gasteiger partial charge in [-0.05, 0) is 32.0 Å². The van der Waals surface area contributed by atoms with E-state index >= 15 is 0 Å². The van der Waals surface area contributed by atoms with Crippen LogP contribution in [-0.2, 0) is 19.6 Å². The summed E-state index contributed by atoms with van der Waals surface area (Å²) in [6, 6.07) is 4.77. The zero-order valence-corrected chi connectivity index (χ0v) is 17.8. The highest BCUT2D eigenvalue weighted by Gasteiger charge is 2.27. The van der Waals surface area contributed by atoms with Crippen molar-refractivity contribution in [3.63, 3.8) is 0 Å². The minimum absolute atomic E-state index is 0.113. The van der Waals surface area contributed by atoms with E-state index in [4.69, 9.17) is 4.74 Å². The van der Waals surface area contributed by atoms with Crippen LogP contribution in [-0.4, -0.2) is 78.7 Å². The molecule has 1 heterocycles. The Kier molecular flexibility index (Phi) is 6.85. The van der Waals surface area contributed by atoms with E-state index in [1.54, 1.807) is 12.1 Å². The molecule has 2 atom stereocenters. The van der Waals surface area contributed by atoms with E-state index in [0.29, 0.717) is 12.2 Å². The van der Waals surface area contributed by atoms with Crippen LogP contribution in [0.25, 0.3) is 0 Å². The Morgan fingerprint density at radius 1 is 1.19 bits per heavy atom. The van der Waals surface area contributed by atoms with Crippen LogP contribution >= 0.6 is 0 Å². The lowest BCUT2D eigenvalue weighted by atomic mass is 10.2. The number of quaternary nitrogens is 1. The van der Waals surface area contributed by atoms with Crippen molar-refractivity contribution >= 4 is 27.3 Å². The van der Waals surface area contributed by atoms with E-state index in [1.165, 1.54) is 20.2 Å². The monoisotopic (exact) mass is 399 g/mol. The van der Waals surface area contributed by atoms with Gasteiger partial charge in [-0.2, -0.15) is 0 Å². The molecular formula is C18H31N4O4S+. The van der Waals surface area contributed by atoms with Crippen molar-refractivity contribution in [2.24, 2.45) is 0 Å². The molecule has 0 radical (unpaired) electrons. The topological polar surface area (TPSA) is 83.4 Å². The molecule has 1 aromatic carbocycles. The Bertz CT molecular complexity index is 770. The molecule has 1 aromatic rings. The summed E-state index contributed by atoms with van der Waals surface area (Å²) >= 11 is 0. The molecule has 1 aliphatic rings. The first-order chi connectivity index (χ1) is 12.5. The summed E-state index contributed by atoms with van der Waals surface area (Å²) < 4.78 is 31.7. The zero-order valence-electron chi connectivity index (χ0n) is 16.9. The molecule has 9 heteroatoms. The van der Waals surface area contributed by atoms with Crippen LogP contribution in [0.5, 0.6) is 0 Å². The van der Waals surface area contributed by atoms with Gasteiger partial charge in [0.05, 0.1) is 16.3 Å². The molecule has 2 rings (SSSR count). The molecule has 1 saturated heterocycles. The second-order valence-corrected chi connectivity index (χ2v) is 9.65. The van der Waals surface area contributed by atoms with E-state index in [9.17, 15) is 13.2 Å². The van der Waals surface area contributed by atoms with Crippen LogP contribution in [0, 0.1) is 0 Å². The fourth-order valence-corrected chi connectivity index (χ4v) is 4.26. The highest BCUT2D eigenvalue weighted by Crippen LogP contribution is 2.28. The summed E-state index contributed by atoms with van der Waals surface area (Å²) in [6.07, 6.45) is 0.227. The summed E-state index contributed by atoms with van der Waals surface area (Å²) in [4.78, 5) is 15.8. The summed E-state index contributed by atoms with van der Waals surface area (Å²) in [7, 11) is 3.09. The Labute approximate surface area is 162 Å². The first-order valence-electron chi connectivity index (χ1n) is 9.03.